The van der Waals surface area contributed by atoms with Gasteiger partial charge in [0.05, 0.1) is 0 Å². The molecule has 1 atom stereocenters. The van der Waals surface area contributed by atoms with Crippen molar-refractivity contribution in [2.24, 2.45) is 0 Å². The van der Waals surface area contributed by atoms with Gasteiger partial charge in [-0.2, -0.15) is 0 Å². The second-order valence-electron chi connectivity index (χ2n) is 3.45. The van der Waals surface area contributed by atoms with E-state index in [1.807, 2.05) is 0 Å². The summed E-state index contributed by atoms with van der Waals surface area (Å²) < 4.78 is 4.76. The summed E-state index contributed by atoms with van der Waals surface area (Å²) in [7, 11) is 0. The third kappa shape index (κ3) is 1.46. The van der Waals surface area contributed by atoms with Gasteiger partial charge in [-0.3, -0.25) is 4.79 Å². The normalized spacial score (nSPS) is 27.6. The van der Waals surface area contributed by atoms with E-state index < -0.39 is 11.6 Å². The summed E-state index contributed by atoms with van der Waals surface area (Å²) in [5.74, 6) is -0.829. The number of Topliss-reactive ketones (excluding diaryl/α,β-unsaturated/α-hetero) is 1. The fourth-order valence-corrected chi connectivity index (χ4v) is 1.54. The Balaban J connectivity index is 3.22. The molecule has 0 aromatic carbocycles. The van der Waals surface area contributed by atoms with Gasteiger partial charge >= 0.3 is 5.97 Å². The molecule has 1 heterocycles. The molecule has 4 nitrogen and oxygen atoms in total. The Bertz CT molecular complexity index is 316. The molecule has 4 heteroatoms. The van der Waals surface area contributed by atoms with Crippen LogP contribution < -0.4 is 0 Å². The molecule has 1 aliphatic heterocycles. The first-order valence-corrected chi connectivity index (χ1v) is 4.54. The summed E-state index contributed by atoms with van der Waals surface area (Å²) in [5.41, 5.74) is -0.795. The molecule has 0 aliphatic carbocycles. The molecule has 0 spiro atoms. The smallest absolute Gasteiger partial charge is 0.342 e. The highest BCUT2D eigenvalue weighted by Crippen LogP contribution is 2.29. The van der Waals surface area contributed by atoms with E-state index in [0.29, 0.717) is 11.1 Å². The van der Waals surface area contributed by atoms with E-state index in [9.17, 15) is 14.7 Å². The van der Waals surface area contributed by atoms with Crippen LogP contribution in [-0.4, -0.2) is 29.1 Å². The van der Waals surface area contributed by atoms with Crippen molar-refractivity contribution in [1.29, 1.82) is 0 Å². The number of ether oxygens (including phenoxy) is 1. The van der Waals surface area contributed by atoms with Gasteiger partial charge in [0.1, 0.15) is 6.61 Å². The SMILES string of the molecule is CC[C@@]1(O)C(=O)OCC(C(C)=O)=C1C. The fourth-order valence-electron chi connectivity index (χ4n) is 1.54. The van der Waals surface area contributed by atoms with Gasteiger partial charge in [0, 0.05) is 5.57 Å². The molecule has 1 rings (SSSR count). The Morgan fingerprint density at radius 3 is 2.64 bits per heavy atom. The highest BCUT2D eigenvalue weighted by molar-refractivity contribution is 5.98. The van der Waals surface area contributed by atoms with Gasteiger partial charge < -0.3 is 9.84 Å². The van der Waals surface area contributed by atoms with Crippen LogP contribution in [0.25, 0.3) is 0 Å². The van der Waals surface area contributed by atoms with E-state index >= 15 is 0 Å². The lowest BCUT2D eigenvalue weighted by molar-refractivity contribution is -0.163. The second kappa shape index (κ2) is 3.53. The highest BCUT2D eigenvalue weighted by Gasteiger charge is 2.43. The topological polar surface area (TPSA) is 63.6 Å². The van der Waals surface area contributed by atoms with E-state index in [0.717, 1.165) is 0 Å². The molecule has 0 bridgehead atoms. The van der Waals surface area contributed by atoms with Crippen LogP contribution in [0.4, 0.5) is 0 Å². The van der Waals surface area contributed by atoms with E-state index in [1.165, 1.54) is 6.92 Å². The zero-order valence-electron chi connectivity index (χ0n) is 8.59. The molecule has 0 radical (unpaired) electrons. The Morgan fingerprint density at radius 2 is 2.21 bits per heavy atom. The lowest BCUT2D eigenvalue weighted by Gasteiger charge is -2.31. The standard InChI is InChI=1S/C10H14O4/c1-4-10(13)6(2)8(7(3)11)5-14-9(10)12/h13H,4-5H2,1-3H3/t10-/m0/s1. The molecule has 78 valence electrons. The summed E-state index contributed by atoms with van der Waals surface area (Å²) in [6.07, 6.45) is 0.217. The predicted molar refractivity (Wildman–Crippen MR) is 49.6 cm³/mol. The van der Waals surface area contributed by atoms with Crippen LogP contribution in [0.15, 0.2) is 11.1 Å². The van der Waals surface area contributed by atoms with Gasteiger partial charge in [0.25, 0.3) is 0 Å². The molecular weight excluding hydrogens is 184 g/mol. The van der Waals surface area contributed by atoms with Crippen LogP contribution in [-0.2, 0) is 14.3 Å². The molecule has 0 fully saturated rings. The summed E-state index contributed by atoms with van der Waals surface area (Å²) in [6.45, 7) is 4.64. The Labute approximate surface area is 82.6 Å². The molecule has 1 aliphatic rings. The summed E-state index contributed by atoms with van der Waals surface area (Å²) >= 11 is 0. The number of rotatable bonds is 2. The van der Waals surface area contributed by atoms with E-state index in [2.05, 4.69) is 0 Å². The zero-order chi connectivity index (χ0) is 10.9. The van der Waals surface area contributed by atoms with Gasteiger partial charge in [-0.1, -0.05) is 6.92 Å². The average Bonchev–Trinajstić information content (AvgIpc) is 2.14. The molecule has 0 unspecified atom stereocenters. The third-order valence-corrected chi connectivity index (χ3v) is 2.69. The molecule has 0 amide bonds. The number of aliphatic hydroxyl groups is 1. The van der Waals surface area contributed by atoms with Crippen molar-refractivity contribution in [3.05, 3.63) is 11.1 Å². The molecular formula is C10H14O4. The number of esters is 1. The largest absolute Gasteiger partial charge is 0.458 e. The van der Waals surface area contributed by atoms with E-state index in [1.54, 1.807) is 13.8 Å². The summed E-state index contributed by atoms with van der Waals surface area (Å²) in [5, 5.41) is 9.95. The van der Waals surface area contributed by atoms with Crippen LogP contribution in [0.1, 0.15) is 27.2 Å². The molecule has 14 heavy (non-hydrogen) atoms. The van der Waals surface area contributed by atoms with Gasteiger partial charge in [0.2, 0.25) is 0 Å². The van der Waals surface area contributed by atoms with Gasteiger partial charge in [-0.25, -0.2) is 4.79 Å². The number of carbonyl (C=O) groups excluding carboxylic acids is 2. The number of carbonyl (C=O) groups is 2. The minimum absolute atomic E-state index is 0.0255. The van der Waals surface area contributed by atoms with Crippen molar-refractivity contribution < 1.29 is 19.4 Å². The maximum Gasteiger partial charge on any atom is 0.342 e. The molecule has 0 saturated heterocycles. The first kappa shape index (κ1) is 10.9. The maximum absolute atomic E-state index is 11.3. The summed E-state index contributed by atoms with van der Waals surface area (Å²) in [6, 6.07) is 0. The quantitative estimate of drug-likeness (QED) is 0.659. The Kier molecular flexibility index (Phi) is 2.76. The molecule has 0 saturated carbocycles. The molecule has 0 aromatic heterocycles. The average molecular weight is 198 g/mol. The number of ketones is 1. The zero-order valence-corrected chi connectivity index (χ0v) is 8.59. The number of cyclic esters (lactones) is 1. The van der Waals surface area contributed by atoms with Gasteiger partial charge in [0.15, 0.2) is 11.4 Å². The second-order valence-corrected chi connectivity index (χ2v) is 3.45. The van der Waals surface area contributed by atoms with Crippen molar-refractivity contribution >= 4 is 11.8 Å². The van der Waals surface area contributed by atoms with Gasteiger partial charge in [-0.15, -0.1) is 0 Å². The number of hydrogen-bond acceptors (Lipinski definition) is 4. The van der Waals surface area contributed by atoms with Crippen LogP contribution in [0.5, 0.6) is 0 Å². The lowest BCUT2D eigenvalue weighted by atomic mass is 9.85. The third-order valence-electron chi connectivity index (χ3n) is 2.69. The first-order chi connectivity index (χ1) is 6.43. The van der Waals surface area contributed by atoms with Crippen LogP contribution in [0, 0.1) is 0 Å². The minimum atomic E-state index is -1.61. The molecule has 1 N–H and O–H groups in total. The summed E-state index contributed by atoms with van der Waals surface area (Å²) in [4.78, 5) is 22.5. The highest BCUT2D eigenvalue weighted by atomic mass is 16.6. The van der Waals surface area contributed by atoms with Crippen molar-refractivity contribution in [1.82, 2.24) is 0 Å². The van der Waals surface area contributed by atoms with Crippen LogP contribution in [0.3, 0.4) is 0 Å². The Morgan fingerprint density at radius 1 is 1.64 bits per heavy atom. The van der Waals surface area contributed by atoms with Crippen molar-refractivity contribution in [2.75, 3.05) is 6.61 Å². The minimum Gasteiger partial charge on any atom is -0.458 e. The van der Waals surface area contributed by atoms with E-state index in [4.69, 9.17) is 4.74 Å². The monoisotopic (exact) mass is 198 g/mol. The Hall–Kier alpha value is -1.16. The van der Waals surface area contributed by atoms with Crippen LogP contribution >= 0.6 is 0 Å². The van der Waals surface area contributed by atoms with Crippen LogP contribution in [0.2, 0.25) is 0 Å². The maximum atomic E-state index is 11.3. The van der Waals surface area contributed by atoms with Crippen molar-refractivity contribution in [3.8, 4) is 0 Å². The van der Waals surface area contributed by atoms with E-state index in [-0.39, 0.29) is 18.8 Å². The predicted octanol–water partition coefficient (Wildman–Crippen LogP) is 0.590. The molecule has 0 aromatic rings. The lowest BCUT2D eigenvalue weighted by Crippen LogP contribution is -2.45. The fraction of sp³-hybridized carbons (Fsp3) is 0.600. The number of hydrogen-bond donors (Lipinski definition) is 1. The van der Waals surface area contributed by atoms with Gasteiger partial charge in [-0.05, 0) is 25.8 Å². The van der Waals surface area contributed by atoms with Crippen molar-refractivity contribution in [3.63, 3.8) is 0 Å². The van der Waals surface area contributed by atoms with Crippen molar-refractivity contribution in [2.45, 2.75) is 32.8 Å². The first-order valence-electron chi connectivity index (χ1n) is 4.54.